The number of imide groups is 1. The Kier molecular flexibility index (Phi) is 4.89. The Hall–Kier alpha value is -1.63. The molecule has 0 spiro atoms. The van der Waals surface area contributed by atoms with Gasteiger partial charge in [-0.2, -0.15) is 0 Å². The summed E-state index contributed by atoms with van der Waals surface area (Å²) in [7, 11) is 0. The molecule has 0 atom stereocenters. The van der Waals surface area contributed by atoms with E-state index in [2.05, 4.69) is 0 Å². The Balaban J connectivity index is 2.28. The zero-order valence-corrected chi connectivity index (χ0v) is 9.52. The summed E-state index contributed by atoms with van der Waals surface area (Å²) in [6, 6.07) is -0.887. The largest absolute Gasteiger partial charge is 0.480 e. The normalized spacial score (nSPS) is 14.6. The van der Waals surface area contributed by atoms with E-state index in [0.717, 1.165) is 12.8 Å². The number of aliphatic carboxylic acids is 1. The summed E-state index contributed by atoms with van der Waals surface area (Å²) in [6.45, 7) is 0.929. The Morgan fingerprint density at radius 1 is 1.35 bits per heavy atom. The van der Waals surface area contributed by atoms with Crippen molar-refractivity contribution in [2.45, 2.75) is 19.3 Å². The molecule has 0 aromatic rings. The Bertz CT molecular complexity index is 315. The number of carboxylic acid groups (broad SMARTS) is 1. The van der Waals surface area contributed by atoms with Crippen LogP contribution in [-0.4, -0.2) is 47.5 Å². The number of carbonyl (C=O) groups excluding carboxylic acids is 2. The second kappa shape index (κ2) is 6.19. The van der Waals surface area contributed by atoms with Gasteiger partial charge in [0.1, 0.15) is 0 Å². The molecule has 3 amide bonds. The quantitative estimate of drug-likeness (QED) is 0.551. The molecule has 0 aliphatic heterocycles. The first-order valence-corrected chi connectivity index (χ1v) is 5.51. The summed E-state index contributed by atoms with van der Waals surface area (Å²) < 4.78 is 0. The number of amides is 3. The van der Waals surface area contributed by atoms with Gasteiger partial charge in [-0.25, -0.2) is 4.79 Å². The third-order valence-corrected chi connectivity index (χ3v) is 2.49. The fraction of sp³-hybridized carbons (Fsp3) is 0.700. The molecule has 7 nitrogen and oxygen atoms in total. The average molecular weight is 243 g/mol. The van der Waals surface area contributed by atoms with Crippen molar-refractivity contribution in [2.24, 2.45) is 11.7 Å². The SMILES string of the molecule is NC(=O)NC(=O)CCN(CC(=O)O)CC1CC1. The van der Waals surface area contributed by atoms with Crippen LogP contribution < -0.4 is 11.1 Å². The van der Waals surface area contributed by atoms with Gasteiger partial charge in [0.25, 0.3) is 0 Å². The van der Waals surface area contributed by atoms with E-state index in [1.807, 2.05) is 5.32 Å². The molecule has 0 bridgehead atoms. The zero-order valence-electron chi connectivity index (χ0n) is 9.52. The highest BCUT2D eigenvalue weighted by Crippen LogP contribution is 2.29. The lowest BCUT2D eigenvalue weighted by molar-refractivity contribution is -0.138. The molecule has 1 aliphatic carbocycles. The number of hydrogen-bond donors (Lipinski definition) is 3. The fourth-order valence-corrected chi connectivity index (χ4v) is 1.55. The number of urea groups is 1. The van der Waals surface area contributed by atoms with E-state index in [1.54, 1.807) is 4.90 Å². The van der Waals surface area contributed by atoms with Crippen LogP contribution in [0.4, 0.5) is 4.79 Å². The van der Waals surface area contributed by atoms with Crippen LogP contribution in [0.1, 0.15) is 19.3 Å². The van der Waals surface area contributed by atoms with E-state index in [0.29, 0.717) is 19.0 Å². The number of carboxylic acids is 1. The van der Waals surface area contributed by atoms with Gasteiger partial charge in [0.05, 0.1) is 6.54 Å². The fourth-order valence-electron chi connectivity index (χ4n) is 1.55. The van der Waals surface area contributed by atoms with Crippen molar-refractivity contribution in [2.75, 3.05) is 19.6 Å². The maximum atomic E-state index is 11.2. The van der Waals surface area contributed by atoms with Crippen LogP contribution in [-0.2, 0) is 9.59 Å². The van der Waals surface area contributed by atoms with Crippen LogP contribution in [0.3, 0.4) is 0 Å². The van der Waals surface area contributed by atoms with E-state index >= 15 is 0 Å². The van der Waals surface area contributed by atoms with Gasteiger partial charge in [-0.15, -0.1) is 0 Å². The molecule has 1 fully saturated rings. The number of hydrogen-bond acceptors (Lipinski definition) is 4. The van der Waals surface area contributed by atoms with Crippen LogP contribution in [0.25, 0.3) is 0 Å². The minimum Gasteiger partial charge on any atom is -0.480 e. The van der Waals surface area contributed by atoms with Gasteiger partial charge < -0.3 is 10.8 Å². The van der Waals surface area contributed by atoms with Crippen molar-refractivity contribution in [1.82, 2.24) is 10.2 Å². The first-order valence-electron chi connectivity index (χ1n) is 5.51. The minimum atomic E-state index is -0.916. The van der Waals surface area contributed by atoms with E-state index in [4.69, 9.17) is 10.8 Å². The van der Waals surface area contributed by atoms with Crippen molar-refractivity contribution in [3.63, 3.8) is 0 Å². The highest BCUT2D eigenvalue weighted by Gasteiger charge is 2.25. The van der Waals surface area contributed by atoms with Crippen molar-refractivity contribution in [3.8, 4) is 0 Å². The zero-order chi connectivity index (χ0) is 12.8. The maximum absolute atomic E-state index is 11.2. The van der Waals surface area contributed by atoms with Crippen molar-refractivity contribution >= 4 is 17.9 Å². The smallest absolute Gasteiger partial charge is 0.318 e. The summed E-state index contributed by atoms with van der Waals surface area (Å²) in [5.74, 6) is -0.849. The second-order valence-corrected chi connectivity index (χ2v) is 4.23. The van der Waals surface area contributed by atoms with Crippen LogP contribution in [0.15, 0.2) is 0 Å². The first kappa shape index (κ1) is 13.4. The molecule has 1 saturated carbocycles. The number of rotatable bonds is 7. The summed E-state index contributed by atoms with van der Waals surface area (Å²) in [5.41, 5.74) is 4.79. The molecule has 1 rings (SSSR count). The van der Waals surface area contributed by atoms with E-state index in [1.165, 1.54) is 0 Å². The van der Waals surface area contributed by atoms with Crippen LogP contribution in [0.2, 0.25) is 0 Å². The molecule has 4 N–H and O–H groups in total. The van der Waals surface area contributed by atoms with Gasteiger partial charge in [-0.05, 0) is 18.8 Å². The molecule has 0 aromatic carbocycles. The van der Waals surface area contributed by atoms with Gasteiger partial charge in [0, 0.05) is 19.5 Å². The van der Waals surface area contributed by atoms with Gasteiger partial charge in [-0.3, -0.25) is 19.8 Å². The lowest BCUT2D eigenvalue weighted by atomic mass is 10.3. The van der Waals surface area contributed by atoms with E-state index in [9.17, 15) is 14.4 Å². The lowest BCUT2D eigenvalue weighted by Crippen LogP contribution is -2.39. The topological polar surface area (TPSA) is 113 Å². The molecule has 0 heterocycles. The number of nitrogens with one attached hydrogen (secondary N) is 1. The Morgan fingerprint density at radius 2 is 2.00 bits per heavy atom. The molecular formula is C10H17N3O4. The standard InChI is InChI=1S/C10H17N3O4/c11-10(17)12-8(14)3-4-13(6-9(15)16)5-7-1-2-7/h7H,1-6H2,(H,15,16)(H3,11,12,14,17). The Labute approximate surface area is 98.9 Å². The predicted octanol–water partition coefficient (Wildman–Crippen LogP) is -0.632. The third kappa shape index (κ3) is 6.52. The molecule has 0 unspecified atom stereocenters. The van der Waals surface area contributed by atoms with Crippen molar-refractivity contribution < 1.29 is 19.5 Å². The summed E-state index contributed by atoms with van der Waals surface area (Å²) in [4.78, 5) is 33.9. The van der Waals surface area contributed by atoms with Crippen molar-refractivity contribution in [3.05, 3.63) is 0 Å². The van der Waals surface area contributed by atoms with Crippen molar-refractivity contribution in [1.29, 1.82) is 0 Å². The minimum absolute atomic E-state index is 0.0724. The Morgan fingerprint density at radius 3 is 2.47 bits per heavy atom. The monoisotopic (exact) mass is 243 g/mol. The molecule has 0 aromatic heterocycles. The summed E-state index contributed by atoms with van der Waals surface area (Å²) in [6.07, 6.45) is 2.30. The molecule has 0 saturated heterocycles. The first-order chi connectivity index (χ1) is 7.97. The number of nitrogens with zero attached hydrogens (tertiary/aromatic N) is 1. The van der Waals surface area contributed by atoms with Crippen LogP contribution in [0, 0.1) is 5.92 Å². The molecular weight excluding hydrogens is 226 g/mol. The molecule has 17 heavy (non-hydrogen) atoms. The van der Waals surface area contributed by atoms with Gasteiger partial charge in [0.2, 0.25) is 5.91 Å². The molecule has 0 radical (unpaired) electrons. The highest BCUT2D eigenvalue weighted by molar-refractivity contribution is 5.93. The number of primary amides is 1. The van der Waals surface area contributed by atoms with Gasteiger partial charge in [-0.1, -0.05) is 0 Å². The van der Waals surface area contributed by atoms with Gasteiger partial charge in [0.15, 0.2) is 0 Å². The average Bonchev–Trinajstić information content (AvgIpc) is 2.96. The van der Waals surface area contributed by atoms with Gasteiger partial charge >= 0.3 is 12.0 Å². The van der Waals surface area contributed by atoms with E-state index < -0.39 is 17.9 Å². The third-order valence-electron chi connectivity index (χ3n) is 2.49. The predicted molar refractivity (Wildman–Crippen MR) is 59.1 cm³/mol. The summed E-state index contributed by atoms with van der Waals surface area (Å²) in [5, 5.41) is 10.7. The van der Waals surface area contributed by atoms with Crippen LogP contribution >= 0.6 is 0 Å². The van der Waals surface area contributed by atoms with Crippen LogP contribution in [0.5, 0.6) is 0 Å². The molecule has 96 valence electrons. The number of carbonyl (C=O) groups is 3. The molecule has 7 heteroatoms. The molecule has 1 aliphatic rings. The van der Waals surface area contributed by atoms with E-state index in [-0.39, 0.29) is 13.0 Å². The number of nitrogens with two attached hydrogens (primary N) is 1. The maximum Gasteiger partial charge on any atom is 0.318 e. The second-order valence-electron chi connectivity index (χ2n) is 4.23. The highest BCUT2D eigenvalue weighted by atomic mass is 16.4. The lowest BCUT2D eigenvalue weighted by Gasteiger charge is -2.19. The summed E-state index contributed by atoms with van der Waals surface area (Å²) >= 11 is 0.